The Morgan fingerprint density at radius 2 is 2.31 bits per heavy atom. The third-order valence-electron chi connectivity index (χ3n) is 2.49. The molecule has 16 heavy (non-hydrogen) atoms. The molecule has 0 saturated carbocycles. The van der Waals surface area contributed by atoms with Gasteiger partial charge in [0.05, 0.1) is 18.1 Å². The highest BCUT2D eigenvalue weighted by molar-refractivity contribution is 5.79. The second-order valence-corrected chi connectivity index (χ2v) is 3.51. The van der Waals surface area contributed by atoms with Crippen molar-refractivity contribution < 1.29 is 14.6 Å². The van der Waals surface area contributed by atoms with Crippen LogP contribution < -0.4 is 4.74 Å². The molecule has 0 spiro atoms. The minimum Gasteiger partial charge on any atom is -0.497 e. The Hall–Kier alpha value is -2.04. The normalized spacial score (nSPS) is 10.6. The molecule has 5 nitrogen and oxygen atoms in total. The van der Waals surface area contributed by atoms with Gasteiger partial charge in [-0.1, -0.05) is 0 Å². The standard InChI is InChI=1S/C11H12N2O3/c1-13-9-4-3-7(16-2)5-8(9)12-10(13)6-11(14)15/h3-5H,6H2,1-2H3,(H,14,15). The van der Waals surface area contributed by atoms with Gasteiger partial charge < -0.3 is 14.4 Å². The van der Waals surface area contributed by atoms with Gasteiger partial charge in [0.2, 0.25) is 0 Å². The van der Waals surface area contributed by atoms with Crippen LogP contribution in [0.3, 0.4) is 0 Å². The van der Waals surface area contributed by atoms with E-state index in [4.69, 9.17) is 9.84 Å². The molecule has 0 radical (unpaired) electrons. The summed E-state index contributed by atoms with van der Waals surface area (Å²) in [5, 5.41) is 8.74. The second kappa shape index (κ2) is 3.84. The van der Waals surface area contributed by atoms with Gasteiger partial charge in [-0.25, -0.2) is 4.98 Å². The molecule has 0 unspecified atom stereocenters. The number of ether oxygens (including phenoxy) is 1. The Kier molecular flexibility index (Phi) is 2.52. The van der Waals surface area contributed by atoms with E-state index in [1.807, 2.05) is 12.1 Å². The number of methoxy groups -OCH3 is 1. The third kappa shape index (κ3) is 1.71. The second-order valence-electron chi connectivity index (χ2n) is 3.51. The SMILES string of the molecule is COc1ccc2c(c1)nc(CC(=O)O)n2C. The Bertz CT molecular complexity index is 545. The monoisotopic (exact) mass is 220 g/mol. The number of rotatable bonds is 3. The van der Waals surface area contributed by atoms with Gasteiger partial charge in [0.1, 0.15) is 18.0 Å². The van der Waals surface area contributed by atoms with Crippen molar-refractivity contribution in [3.05, 3.63) is 24.0 Å². The summed E-state index contributed by atoms with van der Waals surface area (Å²) in [6.45, 7) is 0. The molecular formula is C11H12N2O3. The molecule has 2 aromatic rings. The molecule has 84 valence electrons. The first-order valence-electron chi connectivity index (χ1n) is 4.83. The number of imidazole rings is 1. The highest BCUT2D eigenvalue weighted by atomic mass is 16.5. The fourth-order valence-electron chi connectivity index (χ4n) is 1.65. The first-order chi connectivity index (χ1) is 7.61. The lowest BCUT2D eigenvalue weighted by atomic mass is 10.3. The van der Waals surface area contributed by atoms with E-state index < -0.39 is 5.97 Å². The van der Waals surface area contributed by atoms with E-state index in [2.05, 4.69) is 4.98 Å². The lowest BCUT2D eigenvalue weighted by molar-refractivity contribution is -0.136. The van der Waals surface area contributed by atoms with Crippen LogP contribution in [0.4, 0.5) is 0 Å². The molecule has 2 rings (SSSR count). The topological polar surface area (TPSA) is 64.3 Å². The zero-order chi connectivity index (χ0) is 11.7. The minimum absolute atomic E-state index is 0.0759. The van der Waals surface area contributed by atoms with Crippen LogP contribution in [0.15, 0.2) is 18.2 Å². The molecule has 1 aromatic heterocycles. The summed E-state index contributed by atoms with van der Waals surface area (Å²) in [6.07, 6.45) is -0.0759. The molecule has 0 aliphatic heterocycles. The zero-order valence-electron chi connectivity index (χ0n) is 9.10. The summed E-state index contributed by atoms with van der Waals surface area (Å²) >= 11 is 0. The maximum atomic E-state index is 10.6. The van der Waals surface area contributed by atoms with Gasteiger partial charge in [-0.05, 0) is 12.1 Å². The van der Waals surface area contributed by atoms with E-state index >= 15 is 0 Å². The van der Waals surface area contributed by atoms with Crippen molar-refractivity contribution in [2.45, 2.75) is 6.42 Å². The maximum absolute atomic E-state index is 10.6. The van der Waals surface area contributed by atoms with E-state index in [9.17, 15) is 4.79 Å². The Balaban J connectivity index is 2.54. The summed E-state index contributed by atoms with van der Waals surface area (Å²) in [5.74, 6) is 0.369. The molecule has 0 fully saturated rings. The number of carboxylic acids is 1. The van der Waals surface area contributed by atoms with Crippen LogP contribution in [-0.4, -0.2) is 27.7 Å². The number of fused-ring (bicyclic) bond motifs is 1. The predicted molar refractivity (Wildman–Crippen MR) is 58.6 cm³/mol. The van der Waals surface area contributed by atoms with Crippen molar-refractivity contribution in [2.75, 3.05) is 7.11 Å². The van der Waals surface area contributed by atoms with Crippen LogP contribution in [0.2, 0.25) is 0 Å². The van der Waals surface area contributed by atoms with Crippen molar-refractivity contribution in [3.63, 3.8) is 0 Å². The molecular weight excluding hydrogens is 208 g/mol. The number of aryl methyl sites for hydroxylation is 1. The summed E-state index contributed by atoms with van der Waals surface area (Å²) < 4.78 is 6.87. The molecule has 0 atom stereocenters. The van der Waals surface area contributed by atoms with E-state index in [1.54, 1.807) is 24.8 Å². The lowest BCUT2D eigenvalue weighted by Crippen LogP contribution is -2.06. The average Bonchev–Trinajstić information content (AvgIpc) is 2.54. The van der Waals surface area contributed by atoms with Gasteiger partial charge in [0.15, 0.2) is 0 Å². The molecule has 0 bridgehead atoms. The quantitative estimate of drug-likeness (QED) is 0.844. The van der Waals surface area contributed by atoms with Gasteiger partial charge in [-0.2, -0.15) is 0 Å². The van der Waals surface area contributed by atoms with Crippen LogP contribution in [0.1, 0.15) is 5.82 Å². The molecule has 0 amide bonds. The van der Waals surface area contributed by atoms with Crippen LogP contribution in [0.25, 0.3) is 11.0 Å². The molecule has 1 heterocycles. The van der Waals surface area contributed by atoms with Crippen LogP contribution in [0.5, 0.6) is 5.75 Å². The molecule has 5 heteroatoms. The van der Waals surface area contributed by atoms with E-state index in [1.165, 1.54) is 0 Å². The van der Waals surface area contributed by atoms with Gasteiger partial charge in [-0.3, -0.25) is 4.79 Å². The van der Waals surface area contributed by atoms with E-state index in [0.717, 1.165) is 11.0 Å². The van der Waals surface area contributed by atoms with Crippen molar-refractivity contribution in [1.29, 1.82) is 0 Å². The lowest BCUT2D eigenvalue weighted by Gasteiger charge is -2.00. The summed E-state index contributed by atoms with van der Waals surface area (Å²) in [6, 6.07) is 5.49. The number of carboxylic acid groups (broad SMARTS) is 1. The van der Waals surface area contributed by atoms with Crippen LogP contribution in [-0.2, 0) is 18.3 Å². The first-order valence-corrected chi connectivity index (χ1v) is 4.83. The number of hydrogen-bond donors (Lipinski definition) is 1. The van der Waals surface area contributed by atoms with Crippen molar-refractivity contribution in [2.24, 2.45) is 7.05 Å². The summed E-state index contributed by atoms with van der Waals surface area (Å²) in [7, 11) is 3.39. The van der Waals surface area contributed by atoms with Gasteiger partial charge in [0, 0.05) is 13.1 Å². The number of nitrogens with zero attached hydrogens (tertiary/aromatic N) is 2. The fraction of sp³-hybridized carbons (Fsp3) is 0.273. The largest absolute Gasteiger partial charge is 0.497 e. The van der Waals surface area contributed by atoms with Crippen LogP contribution >= 0.6 is 0 Å². The smallest absolute Gasteiger partial charge is 0.311 e. The highest BCUT2D eigenvalue weighted by Crippen LogP contribution is 2.20. The average molecular weight is 220 g/mol. The van der Waals surface area contributed by atoms with E-state index in [-0.39, 0.29) is 6.42 Å². The number of aromatic nitrogens is 2. The first kappa shape index (κ1) is 10.5. The fourth-order valence-corrected chi connectivity index (χ4v) is 1.65. The number of hydrogen-bond acceptors (Lipinski definition) is 3. The number of carbonyl (C=O) groups is 1. The van der Waals surface area contributed by atoms with Gasteiger partial charge in [0.25, 0.3) is 0 Å². The molecule has 0 aliphatic carbocycles. The summed E-state index contributed by atoms with van der Waals surface area (Å²) in [4.78, 5) is 14.9. The highest BCUT2D eigenvalue weighted by Gasteiger charge is 2.11. The minimum atomic E-state index is -0.884. The number of aliphatic carboxylic acids is 1. The van der Waals surface area contributed by atoms with Crippen molar-refractivity contribution in [3.8, 4) is 5.75 Å². The Morgan fingerprint density at radius 1 is 1.56 bits per heavy atom. The maximum Gasteiger partial charge on any atom is 0.311 e. The van der Waals surface area contributed by atoms with Gasteiger partial charge >= 0.3 is 5.97 Å². The zero-order valence-corrected chi connectivity index (χ0v) is 9.10. The summed E-state index contributed by atoms with van der Waals surface area (Å²) in [5.41, 5.74) is 1.65. The third-order valence-corrected chi connectivity index (χ3v) is 2.49. The number of benzene rings is 1. The Morgan fingerprint density at radius 3 is 2.94 bits per heavy atom. The Labute approximate surface area is 92.3 Å². The molecule has 0 aliphatic rings. The predicted octanol–water partition coefficient (Wildman–Crippen LogP) is 1.21. The van der Waals surface area contributed by atoms with Crippen molar-refractivity contribution >= 4 is 17.0 Å². The molecule has 0 saturated heterocycles. The van der Waals surface area contributed by atoms with Gasteiger partial charge in [-0.15, -0.1) is 0 Å². The van der Waals surface area contributed by atoms with Crippen molar-refractivity contribution in [1.82, 2.24) is 9.55 Å². The van der Waals surface area contributed by atoms with E-state index in [0.29, 0.717) is 11.6 Å². The molecule has 1 N–H and O–H groups in total. The van der Waals surface area contributed by atoms with Crippen LogP contribution in [0, 0.1) is 0 Å². The molecule has 1 aromatic carbocycles.